The average Bonchev–Trinajstić information content (AvgIpc) is 2.63. The summed E-state index contributed by atoms with van der Waals surface area (Å²) in [5.41, 5.74) is 1.03. The van der Waals surface area contributed by atoms with Gasteiger partial charge < -0.3 is 5.11 Å². The van der Waals surface area contributed by atoms with Gasteiger partial charge in [-0.2, -0.15) is 5.10 Å². The third-order valence-corrected chi connectivity index (χ3v) is 3.00. The van der Waals surface area contributed by atoms with Crippen LogP contribution >= 0.6 is 34.8 Å². The van der Waals surface area contributed by atoms with Crippen LogP contribution in [0.5, 0.6) is 0 Å². The SMILES string of the molecule is O=C(O)Cc1cnn(-c2c(Cl)cc(Cl)cc2Cl)c1. The first-order chi connectivity index (χ1) is 8.47. The van der Waals surface area contributed by atoms with Gasteiger partial charge in [0.2, 0.25) is 0 Å². The summed E-state index contributed by atoms with van der Waals surface area (Å²) in [6.07, 6.45) is 2.91. The molecule has 1 aromatic heterocycles. The molecule has 1 N–H and O–H groups in total. The third kappa shape index (κ3) is 2.77. The van der Waals surface area contributed by atoms with E-state index in [4.69, 9.17) is 39.9 Å². The first kappa shape index (κ1) is 13.2. The maximum atomic E-state index is 10.6. The molecule has 1 heterocycles. The molecule has 0 fully saturated rings. The predicted molar refractivity (Wildman–Crippen MR) is 69.9 cm³/mol. The maximum Gasteiger partial charge on any atom is 0.307 e. The van der Waals surface area contributed by atoms with Crippen LogP contribution in [0.1, 0.15) is 5.56 Å². The molecule has 0 radical (unpaired) electrons. The highest BCUT2D eigenvalue weighted by Gasteiger charge is 2.12. The summed E-state index contributed by atoms with van der Waals surface area (Å²) in [5.74, 6) is -0.928. The molecule has 0 aliphatic carbocycles. The Morgan fingerprint density at radius 3 is 2.44 bits per heavy atom. The molecule has 1 aromatic carbocycles. The fourth-order valence-corrected chi connectivity index (χ4v) is 2.49. The van der Waals surface area contributed by atoms with Crippen LogP contribution in [0, 0.1) is 0 Å². The lowest BCUT2D eigenvalue weighted by Gasteiger charge is -2.07. The number of halogens is 3. The second-order valence-electron chi connectivity index (χ2n) is 3.58. The Labute approximate surface area is 118 Å². The summed E-state index contributed by atoms with van der Waals surface area (Å²) in [5, 5.41) is 13.8. The summed E-state index contributed by atoms with van der Waals surface area (Å²) < 4.78 is 1.43. The van der Waals surface area contributed by atoms with E-state index in [1.54, 1.807) is 18.3 Å². The number of aliphatic carboxylic acids is 1. The van der Waals surface area contributed by atoms with Crippen molar-refractivity contribution in [1.82, 2.24) is 9.78 Å². The second-order valence-corrected chi connectivity index (χ2v) is 4.83. The molecule has 0 aliphatic rings. The van der Waals surface area contributed by atoms with E-state index in [2.05, 4.69) is 5.10 Å². The van der Waals surface area contributed by atoms with Crippen molar-refractivity contribution in [3.05, 3.63) is 45.2 Å². The average molecular weight is 306 g/mol. The van der Waals surface area contributed by atoms with Gasteiger partial charge in [0.1, 0.15) is 5.69 Å². The summed E-state index contributed by atoms with van der Waals surface area (Å²) in [6.45, 7) is 0. The molecule has 0 spiro atoms. The van der Waals surface area contributed by atoms with Crippen molar-refractivity contribution in [2.75, 3.05) is 0 Å². The lowest BCUT2D eigenvalue weighted by atomic mass is 10.2. The summed E-state index contributed by atoms with van der Waals surface area (Å²) in [6, 6.07) is 3.09. The minimum Gasteiger partial charge on any atom is -0.481 e. The number of nitrogens with zero attached hydrogens (tertiary/aromatic N) is 2. The van der Waals surface area contributed by atoms with Gasteiger partial charge in [0, 0.05) is 16.8 Å². The van der Waals surface area contributed by atoms with E-state index >= 15 is 0 Å². The van der Waals surface area contributed by atoms with Crippen molar-refractivity contribution >= 4 is 40.8 Å². The van der Waals surface area contributed by atoms with Crippen molar-refractivity contribution in [1.29, 1.82) is 0 Å². The van der Waals surface area contributed by atoms with E-state index in [1.165, 1.54) is 10.9 Å². The number of hydrogen-bond acceptors (Lipinski definition) is 2. The van der Waals surface area contributed by atoms with Crippen LogP contribution < -0.4 is 0 Å². The van der Waals surface area contributed by atoms with Crippen LogP contribution in [-0.4, -0.2) is 20.9 Å². The minimum atomic E-state index is -0.928. The van der Waals surface area contributed by atoms with E-state index in [1.807, 2.05) is 0 Å². The second kappa shape index (κ2) is 5.18. The molecule has 0 saturated carbocycles. The highest BCUT2D eigenvalue weighted by atomic mass is 35.5. The molecule has 0 saturated heterocycles. The molecule has 0 amide bonds. The molecule has 7 heteroatoms. The van der Waals surface area contributed by atoms with Gasteiger partial charge >= 0.3 is 5.97 Å². The largest absolute Gasteiger partial charge is 0.481 e. The number of carbonyl (C=O) groups is 1. The number of carboxylic acids is 1. The summed E-state index contributed by atoms with van der Waals surface area (Å²) >= 11 is 17.9. The topological polar surface area (TPSA) is 55.1 Å². The maximum absolute atomic E-state index is 10.6. The van der Waals surface area contributed by atoms with E-state index in [-0.39, 0.29) is 6.42 Å². The van der Waals surface area contributed by atoms with Crippen LogP contribution in [0.4, 0.5) is 0 Å². The Morgan fingerprint density at radius 2 is 1.89 bits per heavy atom. The Balaban J connectivity index is 2.43. The van der Waals surface area contributed by atoms with Gasteiger partial charge in [-0.05, 0) is 12.1 Å². The Bertz CT molecular complexity index is 587. The van der Waals surface area contributed by atoms with Gasteiger partial charge in [-0.3, -0.25) is 4.79 Å². The number of hydrogen-bond donors (Lipinski definition) is 1. The van der Waals surface area contributed by atoms with Crippen LogP contribution in [0.2, 0.25) is 15.1 Å². The van der Waals surface area contributed by atoms with E-state index in [0.717, 1.165) is 0 Å². The molecule has 2 aromatic rings. The highest BCUT2D eigenvalue weighted by molar-refractivity contribution is 6.40. The summed E-state index contributed by atoms with van der Waals surface area (Å²) in [4.78, 5) is 10.6. The van der Waals surface area contributed by atoms with Gasteiger partial charge in [-0.15, -0.1) is 0 Å². The Kier molecular flexibility index (Phi) is 3.80. The Hall–Kier alpha value is -1.23. The standard InChI is InChI=1S/C11H7Cl3N2O2/c12-7-2-8(13)11(9(14)3-7)16-5-6(4-15-16)1-10(17)18/h2-5H,1H2,(H,17,18). The molecule has 0 atom stereocenters. The lowest BCUT2D eigenvalue weighted by Crippen LogP contribution is -1.99. The zero-order chi connectivity index (χ0) is 13.3. The molecule has 4 nitrogen and oxygen atoms in total. The van der Waals surface area contributed by atoms with E-state index in [0.29, 0.717) is 26.3 Å². The molecule has 2 rings (SSSR count). The van der Waals surface area contributed by atoms with E-state index < -0.39 is 5.97 Å². The van der Waals surface area contributed by atoms with E-state index in [9.17, 15) is 4.79 Å². The van der Waals surface area contributed by atoms with Gasteiger partial charge in [-0.25, -0.2) is 4.68 Å². The van der Waals surface area contributed by atoms with Crippen molar-refractivity contribution < 1.29 is 9.90 Å². The third-order valence-electron chi connectivity index (χ3n) is 2.20. The van der Waals surface area contributed by atoms with Gasteiger partial charge in [0.05, 0.1) is 22.7 Å². The monoisotopic (exact) mass is 304 g/mol. The fraction of sp³-hybridized carbons (Fsp3) is 0.0909. The smallest absolute Gasteiger partial charge is 0.307 e. The normalized spacial score (nSPS) is 10.6. The van der Waals surface area contributed by atoms with Crippen molar-refractivity contribution in [3.63, 3.8) is 0 Å². The van der Waals surface area contributed by atoms with Crippen LogP contribution in [0.3, 0.4) is 0 Å². The lowest BCUT2D eigenvalue weighted by molar-refractivity contribution is -0.136. The first-order valence-electron chi connectivity index (χ1n) is 4.87. The molecular formula is C11H7Cl3N2O2. The molecule has 0 bridgehead atoms. The van der Waals surface area contributed by atoms with Crippen LogP contribution in [0.25, 0.3) is 5.69 Å². The highest BCUT2D eigenvalue weighted by Crippen LogP contribution is 2.31. The fourth-order valence-electron chi connectivity index (χ4n) is 1.50. The summed E-state index contributed by atoms with van der Waals surface area (Å²) in [7, 11) is 0. The van der Waals surface area contributed by atoms with Crippen molar-refractivity contribution in [3.8, 4) is 5.69 Å². The quantitative estimate of drug-likeness (QED) is 0.945. The zero-order valence-corrected chi connectivity index (χ0v) is 11.2. The number of aromatic nitrogens is 2. The van der Waals surface area contributed by atoms with Gasteiger partial charge in [-0.1, -0.05) is 34.8 Å². The van der Waals surface area contributed by atoms with Gasteiger partial charge in [0.25, 0.3) is 0 Å². The number of benzene rings is 1. The Morgan fingerprint density at radius 1 is 1.28 bits per heavy atom. The molecule has 0 aliphatic heterocycles. The predicted octanol–water partition coefficient (Wildman–Crippen LogP) is 3.46. The van der Waals surface area contributed by atoms with Crippen molar-refractivity contribution in [2.45, 2.75) is 6.42 Å². The zero-order valence-electron chi connectivity index (χ0n) is 8.90. The number of carboxylic acid groups (broad SMARTS) is 1. The van der Waals surface area contributed by atoms with Crippen LogP contribution in [-0.2, 0) is 11.2 Å². The molecule has 18 heavy (non-hydrogen) atoms. The van der Waals surface area contributed by atoms with Crippen LogP contribution in [0.15, 0.2) is 24.5 Å². The minimum absolute atomic E-state index is 0.108. The molecule has 0 unspecified atom stereocenters. The number of rotatable bonds is 3. The molecular weight excluding hydrogens is 298 g/mol. The van der Waals surface area contributed by atoms with Gasteiger partial charge in [0.15, 0.2) is 0 Å². The first-order valence-corrected chi connectivity index (χ1v) is 6.01. The van der Waals surface area contributed by atoms with Crippen molar-refractivity contribution in [2.24, 2.45) is 0 Å². The molecule has 94 valence electrons.